The molecule has 8 aromatic carbocycles. The minimum atomic E-state index is 0.704. The standard InChI is InChI=1S/C44H34/c1-2-9-29(10-3-1)33-13-6-14-34(27-33)39-23-19-31-22-26-42-40(24-20-32-21-25-41(39)43(31)44(32)42)36-16-7-15-35(28-36)38-18-8-12-30-11-4-5-17-37(30)38/h4-8,11-29H,1-3,9-10H2. The van der Waals surface area contributed by atoms with E-state index in [1.54, 1.807) is 0 Å². The molecule has 44 heavy (non-hydrogen) atoms. The van der Waals surface area contributed by atoms with Gasteiger partial charge in [0.25, 0.3) is 0 Å². The Labute approximate surface area is 258 Å². The van der Waals surface area contributed by atoms with E-state index in [9.17, 15) is 0 Å². The SMILES string of the molecule is c1cc(-c2cccc3ccccc23)cc(-c2ccc3ccc4c(-c5cccc(C6CCCCC6)c5)ccc5ccc2c3c54)c1. The van der Waals surface area contributed by atoms with Gasteiger partial charge >= 0.3 is 0 Å². The summed E-state index contributed by atoms with van der Waals surface area (Å²) in [5.74, 6) is 0.704. The lowest BCUT2D eigenvalue weighted by Crippen LogP contribution is -2.04. The second-order valence-corrected chi connectivity index (χ2v) is 12.7. The van der Waals surface area contributed by atoms with Crippen LogP contribution in [0.2, 0.25) is 0 Å². The van der Waals surface area contributed by atoms with E-state index >= 15 is 0 Å². The van der Waals surface area contributed by atoms with E-state index in [2.05, 4.69) is 140 Å². The van der Waals surface area contributed by atoms with E-state index in [0.29, 0.717) is 5.92 Å². The summed E-state index contributed by atoms with van der Waals surface area (Å²) in [6.45, 7) is 0. The second-order valence-electron chi connectivity index (χ2n) is 12.7. The van der Waals surface area contributed by atoms with E-state index in [0.717, 1.165) is 0 Å². The first kappa shape index (κ1) is 25.5. The molecule has 0 heteroatoms. The lowest BCUT2D eigenvalue weighted by Gasteiger charge is -2.23. The van der Waals surface area contributed by atoms with Crippen LogP contribution in [0.3, 0.4) is 0 Å². The molecule has 1 aliphatic carbocycles. The highest BCUT2D eigenvalue weighted by Crippen LogP contribution is 2.43. The summed E-state index contributed by atoms with van der Waals surface area (Å²) in [4.78, 5) is 0. The molecule has 0 saturated heterocycles. The first-order valence-electron chi connectivity index (χ1n) is 16.2. The summed E-state index contributed by atoms with van der Waals surface area (Å²) in [6.07, 6.45) is 6.76. The minimum absolute atomic E-state index is 0.704. The Hall–Kier alpha value is -4.94. The van der Waals surface area contributed by atoms with Crippen molar-refractivity contribution in [2.75, 3.05) is 0 Å². The zero-order chi connectivity index (χ0) is 29.0. The van der Waals surface area contributed by atoms with Gasteiger partial charge in [0.1, 0.15) is 0 Å². The monoisotopic (exact) mass is 562 g/mol. The summed E-state index contributed by atoms with van der Waals surface area (Å²) in [6, 6.07) is 52.5. The molecule has 0 N–H and O–H groups in total. The van der Waals surface area contributed by atoms with Gasteiger partial charge in [-0.3, -0.25) is 0 Å². The van der Waals surface area contributed by atoms with Crippen LogP contribution in [0.4, 0.5) is 0 Å². The normalized spacial score (nSPS) is 14.3. The van der Waals surface area contributed by atoms with Gasteiger partial charge in [0.05, 0.1) is 0 Å². The Morgan fingerprint density at radius 3 is 1.61 bits per heavy atom. The van der Waals surface area contributed by atoms with Gasteiger partial charge in [-0.15, -0.1) is 0 Å². The highest BCUT2D eigenvalue weighted by molar-refractivity contribution is 6.27. The average Bonchev–Trinajstić information content (AvgIpc) is 3.10. The summed E-state index contributed by atoms with van der Waals surface area (Å²) in [5, 5.41) is 10.6. The highest BCUT2D eigenvalue weighted by atomic mass is 14.2. The molecule has 0 aromatic heterocycles. The van der Waals surface area contributed by atoms with Crippen molar-refractivity contribution in [3.8, 4) is 33.4 Å². The van der Waals surface area contributed by atoms with Crippen molar-refractivity contribution >= 4 is 43.1 Å². The quantitative estimate of drug-likeness (QED) is 0.187. The third-order valence-electron chi connectivity index (χ3n) is 10.2. The topological polar surface area (TPSA) is 0 Å². The zero-order valence-corrected chi connectivity index (χ0v) is 24.9. The highest BCUT2D eigenvalue weighted by Gasteiger charge is 2.18. The van der Waals surface area contributed by atoms with Crippen LogP contribution in [0.15, 0.2) is 140 Å². The Morgan fingerprint density at radius 1 is 0.364 bits per heavy atom. The van der Waals surface area contributed by atoms with Crippen LogP contribution in [0.1, 0.15) is 43.6 Å². The van der Waals surface area contributed by atoms with Crippen LogP contribution < -0.4 is 0 Å². The molecule has 1 fully saturated rings. The van der Waals surface area contributed by atoms with Crippen LogP contribution >= 0.6 is 0 Å². The van der Waals surface area contributed by atoms with Crippen LogP contribution in [0.25, 0.3) is 76.5 Å². The molecule has 0 unspecified atom stereocenters. The van der Waals surface area contributed by atoms with Gasteiger partial charge in [0, 0.05) is 0 Å². The molecule has 0 radical (unpaired) electrons. The van der Waals surface area contributed by atoms with Crippen molar-refractivity contribution < 1.29 is 0 Å². The predicted molar refractivity (Wildman–Crippen MR) is 190 cm³/mol. The minimum Gasteiger partial charge on any atom is -0.0616 e. The van der Waals surface area contributed by atoms with E-state index in [1.807, 2.05) is 0 Å². The fraction of sp³-hybridized carbons (Fsp3) is 0.136. The van der Waals surface area contributed by atoms with Gasteiger partial charge in [-0.25, -0.2) is 0 Å². The fourth-order valence-corrected chi connectivity index (χ4v) is 8.03. The molecule has 1 saturated carbocycles. The molecule has 0 nitrogen and oxygen atoms in total. The van der Waals surface area contributed by atoms with Crippen molar-refractivity contribution in [2.24, 2.45) is 0 Å². The van der Waals surface area contributed by atoms with Gasteiger partial charge in [-0.1, -0.05) is 153 Å². The van der Waals surface area contributed by atoms with E-state index in [1.165, 1.54) is 114 Å². The summed E-state index contributed by atoms with van der Waals surface area (Å²) in [5.41, 5.74) is 9.28. The zero-order valence-electron chi connectivity index (χ0n) is 24.9. The summed E-state index contributed by atoms with van der Waals surface area (Å²) in [7, 11) is 0. The van der Waals surface area contributed by atoms with Crippen molar-refractivity contribution in [1.82, 2.24) is 0 Å². The maximum atomic E-state index is 2.48. The largest absolute Gasteiger partial charge is 0.0616 e. The first-order valence-corrected chi connectivity index (χ1v) is 16.2. The molecule has 210 valence electrons. The van der Waals surface area contributed by atoms with Crippen LogP contribution in [0.5, 0.6) is 0 Å². The average molecular weight is 563 g/mol. The predicted octanol–water partition coefficient (Wildman–Crippen LogP) is 12.8. The molecule has 0 atom stereocenters. The molecular formula is C44H34. The van der Waals surface area contributed by atoms with Crippen LogP contribution in [-0.4, -0.2) is 0 Å². The second kappa shape index (κ2) is 10.4. The van der Waals surface area contributed by atoms with Crippen molar-refractivity contribution in [1.29, 1.82) is 0 Å². The van der Waals surface area contributed by atoms with E-state index < -0.39 is 0 Å². The number of hydrogen-bond donors (Lipinski definition) is 0. The van der Waals surface area contributed by atoms with Gasteiger partial charge in [0.2, 0.25) is 0 Å². The van der Waals surface area contributed by atoms with Crippen LogP contribution in [0, 0.1) is 0 Å². The van der Waals surface area contributed by atoms with Gasteiger partial charge < -0.3 is 0 Å². The molecule has 0 heterocycles. The third-order valence-corrected chi connectivity index (χ3v) is 10.2. The van der Waals surface area contributed by atoms with Crippen molar-refractivity contribution in [3.05, 3.63) is 145 Å². The number of rotatable bonds is 4. The first-order chi connectivity index (χ1) is 21.8. The maximum absolute atomic E-state index is 2.48. The lowest BCUT2D eigenvalue weighted by molar-refractivity contribution is 0.444. The van der Waals surface area contributed by atoms with Crippen LogP contribution in [-0.2, 0) is 0 Å². The smallest absolute Gasteiger partial charge is 0.00203 e. The number of fused-ring (bicyclic) bond motifs is 1. The van der Waals surface area contributed by atoms with Gasteiger partial charge in [0.15, 0.2) is 0 Å². The van der Waals surface area contributed by atoms with Crippen molar-refractivity contribution in [3.63, 3.8) is 0 Å². The molecule has 0 amide bonds. The molecule has 1 aliphatic rings. The molecule has 0 spiro atoms. The Kier molecular flexibility index (Phi) is 6.01. The fourth-order valence-electron chi connectivity index (χ4n) is 8.03. The molecule has 0 aliphatic heterocycles. The van der Waals surface area contributed by atoms with Gasteiger partial charge in [-0.2, -0.15) is 0 Å². The van der Waals surface area contributed by atoms with E-state index in [-0.39, 0.29) is 0 Å². The molecule has 8 aromatic rings. The summed E-state index contributed by atoms with van der Waals surface area (Å²) >= 11 is 0. The van der Waals surface area contributed by atoms with Crippen molar-refractivity contribution in [2.45, 2.75) is 38.0 Å². The Balaban J connectivity index is 1.21. The maximum Gasteiger partial charge on any atom is -0.00203 e. The number of hydrogen-bond acceptors (Lipinski definition) is 0. The van der Waals surface area contributed by atoms with Gasteiger partial charge in [-0.05, 0) is 107 Å². The Bertz CT molecular complexity index is 2310. The van der Waals surface area contributed by atoms with E-state index in [4.69, 9.17) is 0 Å². The lowest BCUT2D eigenvalue weighted by atomic mass is 9.82. The third kappa shape index (κ3) is 4.13. The summed E-state index contributed by atoms with van der Waals surface area (Å²) < 4.78 is 0. The number of benzene rings is 8. The Morgan fingerprint density at radius 2 is 0.909 bits per heavy atom. The molecule has 0 bridgehead atoms. The molecule has 9 rings (SSSR count). The molecular weight excluding hydrogens is 528 g/mol.